The number of hydrogen-bond acceptors (Lipinski definition) is 25. The third kappa shape index (κ3) is 22.2. The first-order valence-electron chi connectivity index (χ1n) is 37.3. The molecule has 7 heterocycles. The molecule has 104 heavy (non-hydrogen) atoms. The lowest BCUT2D eigenvalue weighted by Gasteiger charge is -2.42. The number of ketones is 3. The first-order chi connectivity index (χ1) is 49.9. The van der Waals surface area contributed by atoms with E-state index >= 15 is 0 Å². The SMILES string of the molecule is CCOCCOCCOCCNC(=O)c1cnc(N2CCN(c3ncc4c(n3)CCN(C(=O)O[C@@H]3CC[C@@H](C[C@@H](C)C5CC(=O)[C@H](C)/C=C(\C)C(O)[C@@H](OC)C(=O)[C@H](C)C[C@H](C)/C=C/C=C/C=C(\C)[C@@H](OC)C[C@@H]6CC[C@@H](C)[C@@](O)(O6)C(=O)C(=O)N6CCCC[C@H]6C(=O)O5)C[C@H]3OC)C4)CC2)nc1N. The van der Waals surface area contributed by atoms with Crippen molar-refractivity contribution in [1.29, 1.82) is 0 Å². The van der Waals surface area contributed by atoms with Gasteiger partial charge in [0.25, 0.3) is 17.6 Å². The minimum atomic E-state index is -2.48. The van der Waals surface area contributed by atoms with Crippen molar-refractivity contribution >= 4 is 58.9 Å². The zero-order valence-electron chi connectivity index (χ0n) is 62.9. The molecule has 28 nitrogen and oxygen atoms in total. The first-order valence-corrected chi connectivity index (χ1v) is 37.3. The minimum Gasteiger partial charge on any atom is -0.460 e. The van der Waals surface area contributed by atoms with Gasteiger partial charge in [-0.1, -0.05) is 71.1 Å². The van der Waals surface area contributed by atoms with Crippen LogP contribution in [-0.2, 0) is 79.6 Å². The fourth-order valence-corrected chi connectivity index (χ4v) is 14.8. The molecule has 2 unspecified atom stereocenters. The Bertz CT molecular complexity index is 3340. The summed E-state index contributed by atoms with van der Waals surface area (Å²) in [6, 6.07) is -1.21. The van der Waals surface area contributed by atoms with Gasteiger partial charge >= 0.3 is 12.1 Å². The molecule has 5 N–H and O–H groups in total. The number of ether oxygens (including phenoxy) is 9. The second kappa shape index (κ2) is 40.0. The Hall–Kier alpha value is -7.15. The molecule has 3 amide bonds. The molecule has 6 aliphatic rings. The van der Waals surface area contributed by atoms with Crippen LogP contribution in [-0.4, -0.2) is 243 Å². The van der Waals surface area contributed by atoms with E-state index in [-0.39, 0.29) is 73.7 Å². The average molecular weight is 1460 g/mol. The predicted molar refractivity (Wildman–Crippen MR) is 387 cm³/mol. The lowest BCUT2D eigenvalue weighted by molar-refractivity contribution is -0.265. The molecule has 2 bridgehead atoms. The van der Waals surface area contributed by atoms with Crippen LogP contribution in [0.5, 0.6) is 0 Å². The highest BCUT2D eigenvalue weighted by Crippen LogP contribution is 2.39. The molecule has 0 aromatic carbocycles. The topological polar surface area (TPSA) is 346 Å². The third-order valence-electron chi connectivity index (χ3n) is 21.3. The van der Waals surface area contributed by atoms with Gasteiger partial charge in [0.05, 0.1) is 69.1 Å². The molecule has 28 heteroatoms. The minimum absolute atomic E-state index is 0.0180. The van der Waals surface area contributed by atoms with Gasteiger partial charge in [-0.2, -0.15) is 4.98 Å². The molecule has 576 valence electrons. The van der Waals surface area contributed by atoms with E-state index in [0.29, 0.717) is 154 Å². The van der Waals surface area contributed by atoms with Crippen molar-refractivity contribution in [2.45, 2.75) is 200 Å². The van der Waals surface area contributed by atoms with E-state index in [1.807, 2.05) is 63.0 Å². The number of piperidine rings is 1. The van der Waals surface area contributed by atoms with E-state index in [1.54, 1.807) is 59.1 Å². The number of allylic oxidation sites excluding steroid dienone is 6. The van der Waals surface area contributed by atoms with E-state index in [4.69, 9.17) is 58.3 Å². The number of nitrogens with one attached hydrogen (secondary N) is 1. The van der Waals surface area contributed by atoms with E-state index in [0.717, 1.165) is 16.8 Å². The lowest BCUT2D eigenvalue weighted by atomic mass is 9.78. The van der Waals surface area contributed by atoms with E-state index in [9.17, 15) is 43.8 Å². The van der Waals surface area contributed by atoms with E-state index in [2.05, 4.69) is 20.2 Å². The number of carbonyl (C=O) groups is 7. The summed E-state index contributed by atoms with van der Waals surface area (Å²) in [5.41, 5.74) is 9.30. The number of amides is 3. The number of aromatic nitrogens is 4. The van der Waals surface area contributed by atoms with Crippen LogP contribution in [0.4, 0.5) is 22.5 Å². The molecular formula is C76H114N10O18. The van der Waals surface area contributed by atoms with Crippen LogP contribution < -0.4 is 20.9 Å². The number of carbonyl (C=O) groups excluding carboxylic acids is 7. The van der Waals surface area contributed by atoms with Gasteiger partial charge in [0.1, 0.15) is 42.1 Å². The Labute approximate surface area is 612 Å². The van der Waals surface area contributed by atoms with E-state index < -0.39 is 108 Å². The molecule has 3 saturated heterocycles. The summed E-state index contributed by atoms with van der Waals surface area (Å²) < 4.78 is 52.7. The van der Waals surface area contributed by atoms with Crippen molar-refractivity contribution in [1.82, 2.24) is 35.1 Å². The highest BCUT2D eigenvalue weighted by molar-refractivity contribution is 6.39. The van der Waals surface area contributed by atoms with Crippen molar-refractivity contribution < 1.29 is 86.4 Å². The van der Waals surface area contributed by atoms with Gasteiger partial charge in [-0.05, 0) is 114 Å². The molecule has 5 aliphatic heterocycles. The Morgan fingerprint density at radius 1 is 0.779 bits per heavy atom. The van der Waals surface area contributed by atoms with Crippen LogP contribution >= 0.6 is 0 Å². The molecule has 2 aromatic heterocycles. The van der Waals surface area contributed by atoms with Crippen molar-refractivity contribution in [2.75, 3.05) is 122 Å². The maximum Gasteiger partial charge on any atom is 0.410 e. The van der Waals surface area contributed by atoms with Gasteiger partial charge in [0, 0.05) is 129 Å². The highest BCUT2D eigenvalue weighted by atomic mass is 16.6. The quantitative estimate of drug-likeness (QED) is 0.0465. The average Bonchev–Trinajstić information content (AvgIpc) is 0.798. The molecule has 0 radical (unpaired) electrons. The Morgan fingerprint density at radius 3 is 2.17 bits per heavy atom. The largest absolute Gasteiger partial charge is 0.460 e. The van der Waals surface area contributed by atoms with Gasteiger partial charge in [0.2, 0.25) is 17.7 Å². The second-order valence-corrected chi connectivity index (χ2v) is 28.9. The maximum atomic E-state index is 14.8. The molecule has 15 atom stereocenters. The fourth-order valence-electron chi connectivity index (χ4n) is 14.8. The fraction of sp³-hybridized carbons (Fsp3) is 0.697. The van der Waals surface area contributed by atoms with Crippen molar-refractivity contribution in [2.24, 2.45) is 35.5 Å². The summed E-state index contributed by atoms with van der Waals surface area (Å²) in [5, 5.41) is 26.6. The summed E-state index contributed by atoms with van der Waals surface area (Å²) >= 11 is 0. The second-order valence-electron chi connectivity index (χ2n) is 28.9. The zero-order chi connectivity index (χ0) is 75.2. The van der Waals surface area contributed by atoms with Gasteiger partial charge < -0.3 is 83.5 Å². The molecule has 0 spiro atoms. The summed E-state index contributed by atoms with van der Waals surface area (Å²) in [5.74, 6) is -8.01. The zero-order valence-corrected chi connectivity index (χ0v) is 62.9. The third-order valence-corrected chi connectivity index (χ3v) is 21.3. The number of aliphatic hydroxyl groups excluding tert-OH is 1. The number of nitrogens with two attached hydrogens (primary N) is 1. The predicted octanol–water partition coefficient (Wildman–Crippen LogP) is 6.67. The summed E-state index contributed by atoms with van der Waals surface area (Å²) in [4.78, 5) is 125. The molecule has 4 fully saturated rings. The number of anilines is 3. The lowest BCUT2D eigenvalue weighted by Crippen LogP contribution is -2.61. The number of aliphatic hydroxyl groups is 2. The number of rotatable bonds is 20. The normalized spacial score (nSPS) is 31.1. The summed E-state index contributed by atoms with van der Waals surface area (Å²) in [7, 11) is 4.52. The van der Waals surface area contributed by atoms with Gasteiger partial charge in [-0.15, -0.1) is 0 Å². The summed E-state index contributed by atoms with van der Waals surface area (Å²) in [6.45, 7) is 20.5. The van der Waals surface area contributed by atoms with Crippen molar-refractivity contribution in [3.05, 3.63) is 76.8 Å². The molecule has 1 aliphatic carbocycles. The number of methoxy groups -OCH3 is 3. The van der Waals surface area contributed by atoms with Crippen LogP contribution in [0, 0.1) is 35.5 Å². The standard InChI is InChI=1S/C76H114N10O18/c1-12-99-34-35-101-37-36-100-33-26-78-70(91)57-45-80-74(82-69(57)77)84-31-29-83(30-32-84)73-79-44-55-46-85(28-25-58(55)81-73)75(94)103-61-24-22-54(41-64(61)97-10)40-50(5)63-43-60(87)49(4)39-52(7)66(89)67(98-11)65(88)51(6)38-47(2)18-14-13-15-19-48(3)62(96-9)42-56-23-21-53(8)76(95,104-56)68(90)71(92)86-27-17-16-20-59(86)72(93)102-63/h13-15,18-19,39,44-45,47,49-51,53-54,56,59,61-64,66-67,89,95H,12,16-17,20-38,40-43,46H2,1-11H3,(H,78,91)(H2,77,80,82)/b15-13+,18-14+,48-19+,52-39+/t47-,49-,50-,51-,53-,54+,56+,59+,61-,62+,63?,64-,66?,67+,76-/m1/s1. The van der Waals surface area contributed by atoms with Gasteiger partial charge in [0.15, 0.2) is 5.78 Å². The molecule has 1 saturated carbocycles. The monoisotopic (exact) mass is 1450 g/mol. The van der Waals surface area contributed by atoms with Crippen molar-refractivity contribution in [3.63, 3.8) is 0 Å². The number of fused-ring (bicyclic) bond motifs is 4. The number of esters is 1. The van der Waals surface area contributed by atoms with Crippen molar-refractivity contribution in [3.8, 4) is 0 Å². The number of Topliss-reactive ketones (excluding diaryl/α,β-unsaturated/α-hetero) is 3. The Balaban J connectivity index is 0.889. The van der Waals surface area contributed by atoms with Crippen LogP contribution in [0.2, 0.25) is 0 Å². The number of piperazine rings is 1. The summed E-state index contributed by atoms with van der Waals surface area (Å²) in [6.07, 6.45) is 13.2. The van der Waals surface area contributed by atoms with Crippen LogP contribution in [0.15, 0.2) is 60.0 Å². The number of nitrogen functional groups attached to an aromatic ring is 1. The van der Waals surface area contributed by atoms with Crippen LogP contribution in [0.3, 0.4) is 0 Å². The highest BCUT2D eigenvalue weighted by Gasteiger charge is 2.53. The van der Waals surface area contributed by atoms with E-state index in [1.165, 1.54) is 18.2 Å². The van der Waals surface area contributed by atoms with Crippen LogP contribution in [0.1, 0.15) is 154 Å². The Morgan fingerprint density at radius 2 is 1.48 bits per heavy atom. The van der Waals surface area contributed by atoms with Gasteiger partial charge in [-0.25, -0.2) is 24.5 Å². The molecule has 8 rings (SSSR count). The van der Waals surface area contributed by atoms with Gasteiger partial charge in [-0.3, -0.25) is 24.0 Å². The maximum absolute atomic E-state index is 14.8. The van der Waals surface area contributed by atoms with Crippen LogP contribution in [0.25, 0.3) is 0 Å². The smallest absolute Gasteiger partial charge is 0.410 e. The number of nitrogens with zero attached hydrogens (tertiary/aromatic N) is 8. The first kappa shape index (κ1) is 82.5. The number of hydrogen-bond donors (Lipinski definition) is 4. The Kier molecular flexibility index (Phi) is 31.7. The molecular weight excluding hydrogens is 1340 g/mol. The molecule has 2 aromatic rings. The number of cyclic esters (lactones) is 1.